The molecular weight excluding hydrogens is 276 g/mol. The first-order valence-corrected chi connectivity index (χ1v) is 8.52. The van der Waals surface area contributed by atoms with Gasteiger partial charge in [0.2, 0.25) is 0 Å². The number of rotatable bonds is 1. The average molecular weight is 300 g/mol. The van der Waals surface area contributed by atoms with Gasteiger partial charge in [-0.3, -0.25) is 9.80 Å². The summed E-state index contributed by atoms with van der Waals surface area (Å²) in [6.07, 6.45) is 6.20. The maximum atomic E-state index is 12.2. The van der Waals surface area contributed by atoms with Crippen molar-refractivity contribution in [1.82, 2.24) is 4.90 Å². The number of hydrogen-bond acceptors (Lipinski definition) is 3. The molecule has 1 atom stereocenters. The third-order valence-corrected chi connectivity index (χ3v) is 5.43. The molecule has 1 aromatic carbocycles. The van der Waals surface area contributed by atoms with E-state index in [1.54, 1.807) is 0 Å². The lowest BCUT2D eigenvalue weighted by atomic mass is 10.0. The average Bonchev–Trinajstić information content (AvgIpc) is 3.12. The molecule has 0 aromatic heterocycles. The number of carbonyl (C=O) groups excluding carboxylic acids is 1. The Balaban J connectivity index is 1.71. The minimum Gasteiger partial charge on any atom is -0.447 e. The highest BCUT2D eigenvalue weighted by atomic mass is 16.6. The Bertz CT molecular complexity index is 580. The Hall–Kier alpha value is -1.55. The maximum absolute atomic E-state index is 12.2. The highest BCUT2D eigenvalue weighted by Crippen LogP contribution is 2.34. The third-order valence-electron chi connectivity index (χ3n) is 5.43. The summed E-state index contributed by atoms with van der Waals surface area (Å²) in [5, 5.41) is 0. The van der Waals surface area contributed by atoms with E-state index in [4.69, 9.17) is 4.74 Å². The summed E-state index contributed by atoms with van der Waals surface area (Å²) < 4.78 is 5.34. The lowest BCUT2D eigenvalue weighted by Crippen LogP contribution is -2.42. The maximum Gasteiger partial charge on any atom is 0.414 e. The van der Waals surface area contributed by atoms with Gasteiger partial charge in [0.1, 0.15) is 6.61 Å². The van der Waals surface area contributed by atoms with Crippen LogP contribution in [0.1, 0.15) is 43.2 Å². The van der Waals surface area contributed by atoms with E-state index in [-0.39, 0.29) is 12.1 Å². The van der Waals surface area contributed by atoms with E-state index in [0.717, 1.165) is 31.2 Å². The van der Waals surface area contributed by atoms with Gasteiger partial charge < -0.3 is 4.74 Å². The molecule has 4 rings (SSSR count). The van der Waals surface area contributed by atoms with Crippen LogP contribution in [0.5, 0.6) is 0 Å². The van der Waals surface area contributed by atoms with Crippen LogP contribution in [0.25, 0.3) is 0 Å². The molecule has 118 valence electrons. The van der Waals surface area contributed by atoms with Crippen molar-refractivity contribution in [2.75, 3.05) is 18.1 Å². The molecule has 1 aliphatic carbocycles. The van der Waals surface area contributed by atoms with Crippen molar-refractivity contribution in [2.24, 2.45) is 0 Å². The van der Waals surface area contributed by atoms with Crippen LogP contribution < -0.4 is 4.90 Å². The predicted octanol–water partition coefficient (Wildman–Crippen LogP) is 3.47. The molecule has 4 heteroatoms. The zero-order valence-corrected chi connectivity index (χ0v) is 13.3. The summed E-state index contributed by atoms with van der Waals surface area (Å²) in [4.78, 5) is 16.7. The number of hydrogen-bond donors (Lipinski definition) is 0. The summed E-state index contributed by atoms with van der Waals surface area (Å²) in [6, 6.07) is 7.41. The second kappa shape index (κ2) is 5.58. The van der Waals surface area contributed by atoms with Gasteiger partial charge in [-0.15, -0.1) is 0 Å². The Morgan fingerprint density at radius 1 is 1.14 bits per heavy atom. The SMILES string of the molecule is Cc1ccc2c(c1)N1C(=O)OC[C@@H]1CCN(C1CCCC1)C2. The van der Waals surface area contributed by atoms with E-state index in [1.165, 1.54) is 36.8 Å². The number of ether oxygens (including phenoxy) is 1. The Labute approximate surface area is 132 Å². The fourth-order valence-corrected chi connectivity index (χ4v) is 4.19. The zero-order valence-electron chi connectivity index (χ0n) is 13.3. The first kappa shape index (κ1) is 14.1. The topological polar surface area (TPSA) is 32.8 Å². The highest BCUT2D eigenvalue weighted by Gasteiger charge is 2.38. The van der Waals surface area contributed by atoms with Gasteiger partial charge in [-0.2, -0.15) is 0 Å². The van der Waals surface area contributed by atoms with Crippen LogP contribution in [0.3, 0.4) is 0 Å². The monoisotopic (exact) mass is 300 g/mol. The van der Waals surface area contributed by atoms with Crippen molar-refractivity contribution in [3.63, 3.8) is 0 Å². The van der Waals surface area contributed by atoms with Crippen molar-refractivity contribution in [1.29, 1.82) is 0 Å². The van der Waals surface area contributed by atoms with Crippen molar-refractivity contribution in [3.8, 4) is 0 Å². The van der Waals surface area contributed by atoms with Gasteiger partial charge in [-0.25, -0.2) is 4.79 Å². The quantitative estimate of drug-likeness (QED) is 0.796. The molecule has 1 aromatic rings. The molecule has 0 unspecified atom stereocenters. The lowest BCUT2D eigenvalue weighted by Gasteiger charge is -2.35. The second-order valence-electron chi connectivity index (χ2n) is 6.93. The minimum atomic E-state index is -0.175. The van der Waals surface area contributed by atoms with Crippen LogP contribution >= 0.6 is 0 Å². The fourth-order valence-electron chi connectivity index (χ4n) is 4.19. The molecule has 0 bridgehead atoms. The van der Waals surface area contributed by atoms with Crippen LogP contribution in [-0.2, 0) is 11.3 Å². The van der Waals surface area contributed by atoms with Crippen LogP contribution in [0, 0.1) is 6.92 Å². The van der Waals surface area contributed by atoms with E-state index in [2.05, 4.69) is 30.0 Å². The van der Waals surface area contributed by atoms with Gasteiger partial charge in [-0.05, 0) is 43.4 Å². The molecule has 4 nitrogen and oxygen atoms in total. The highest BCUT2D eigenvalue weighted by molar-refractivity contribution is 5.91. The van der Waals surface area contributed by atoms with Crippen molar-refractivity contribution in [2.45, 2.75) is 57.7 Å². The van der Waals surface area contributed by atoms with E-state index >= 15 is 0 Å². The molecule has 3 aliphatic rings. The number of aryl methyl sites for hydroxylation is 1. The molecule has 2 fully saturated rings. The van der Waals surface area contributed by atoms with Gasteiger partial charge in [0, 0.05) is 19.1 Å². The molecule has 1 saturated heterocycles. The van der Waals surface area contributed by atoms with Crippen LogP contribution in [0.4, 0.5) is 10.5 Å². The van der Waals surface area contributed by atoms with E-state index in [0.29, 0.717) is 6.61 Å². The van der Waals surface area contributed by atoms with Crippen LogP contribution in [0.15, 0.2) is 18.2 Å². The fraction of sp³-hybridized carbons (Fsp3) is 0.611. The largest absolute Gasteiger partial charge is 0.447 e. The molecule has 1 amide bonds. The summed E-state index contributed by atoms with van der Waals surface area (Å²) in [5.41, 5.74) is 3.53. The number of carbonyl (C=O) groups is 1. The second-order valence-corrected chi connectivity index (χ2v) is 6.93. The molecule has 0 N–H and O–H groups in total. The Morgan fingerprint density at radius 3 is 2.77 bits per heavy atom. The molecule has 2 heterocycles. The molecular formula is C18H24N2O2. The number of anilines is 1. The molecule has 0 spiro atoms. The van der Waals surface area contributed by atoms with E-state index < -0.39 is 0 Å². The summed E-state index contributed by atoms with van der Waals surface area (Å²) >= 11 is 0. The number of fused-ring (bicyclic) bond motifs is 3. The van der Waals surface area contributed by atoms with Gasteiger partial charge in [-0.1, -0.05) is 25.0 Å². The van der Waals surface area contributed by atoms with Gasteiger partial charge in [0.15, 0.2) is 0 Å². The number of cyclic esters (lactones) is 1. The van der Waals surface area contributed by atoms with E-state index in [1.807, 2.05) is 4.90 Å². The molecule has 2 aliphatic heterocycles. The van der Waals surface area contributed by atoms with Crippen molar-refractivity contribution < 1.29 is 9.53 Å². The number of nitrogens with zero attached hydrogens (tertiary/aromatic N) is 2. The summed E-state index contributed by atoms with van der Waals surface area (Å²) in [6.45, 7) is 4.64. The Morgan fingerprint density at radius 2 is 1.95 bits per heavy atom. The third kappa shape index (κ3) is 2.39. The van der Waals surface area contributed by atoms with Crippen molar-refractivity contribution >= 4 is 11.8 Å². The zero-order chi connectivity index (χ0) is 15.1. The van der Waals surface area contributed by atoms with Crippen LogP contribution in [-0.4, -0.2) is 36.2 Å². The van der Waals surface area contributed by atoms with Gasteiger partial charge in [0.25, 0.3) is 0 Å². The molecule has 0 radical (unpaired) electrons. The molecule has 22 heavy (non-hydrogen) atoms. The first-order valence-electron chi connectivity index (χ1n) is 8.52. The number of amides is 1. The molecule has 1 saturated carbocycles. The normalized spacial score (nSPS) is 26.3. The summed E-state index contributed by atoms with van der Waals surface area (Å²) in [5.74, 6) is 0. The van der Waals surface area contributed by atoms with Gasteiger partial charge in [0.05, 0.1) is 11.7 Å². The van der Waals surface area contributed by atoms with E-state index in [9.17, 15) is 4.79 Å². The number of benzene rings is 1. The van der Waals surface area contributed by atoms with Crippen molar-refractivity contribution in [3.05, 3.63) is 29.3 Å². The summed E-state index contributed by atoms with van der Waals surface area (Å²) in [7, 11) is 0. The standard InChI is InChI=1S/C18H24N2O2/c1-13-6-7-14-11-19(15-4-2-3-5-15)9-8-16-12-22-18(21)20(16)17(14)10-13/h6-7,10,15-16H,2-5,8-9,11-12H2,1H3/t16-/m0/s1. The smallest absolute Gasteiger partial charge is 0.414 e. The van der Waals surface area contributed by atoms with Crippen LogP contribution in [0.2, 0.25) is 0 Å². The van der Waals surface area contributed by atoms with Gasteiger partial charge >= 0.3 is 6.09 Å². The Kier molecular flexibility index (Phi) is 3.57. The predicted molar refractivity (Wildman–Crippen MR) is 86.1 cm³/mol. The lowest BCUT2D eigenvalue weighted by molar-refractivity contribution is 0.170. The minimum absolute atomic E-state index is 0.175. The first-order chi connectivity index (χ1) is 10.7.